The molecule has 0 spiro atoms. The summed E-state index contributed by atoms with van der Waals surface area (Å²) in [7, 11) is 0. The zero-order valence-electron chi connectivity index (χ0n) is 13.5. The Morgan fingerprint density at radius 3 is 1.32 bits per heavy atom. The highest BCUT2D eigenvalue weighted by Gasteiger charge is 2.21. The number of carbonyl (C=O) groups excluding carboxylic acids is 2. The molecule has 0 aliphatic rings. The molecule has 0 aliphatic heterocycles. The Morgan fingerprint density at radius 1 is 0.737 bits per heavy atom. The molecule has 0 aromatic rings. The Kier molecular flexibility index (Phi) is 7.50. The van der Waals surface area contributed by atoms with E-state index in [9.17, 15) is 9.59 Å². The second kappa shape index (κ2) is 7.78. The average Bonchev–Trinajstić information content (AvgIpc) is 2.24. The third-order valence-corrected chi connectivity index (χ3v) is 3.06. The van der Waals surface area contributed by atoms with Crippen LogP contribution in [-0.4, -0.2) is 24.8 Å². The molecular formula is C16H30O3. The van der Waals surface area contributed by atoms with Gasteiger partial charge in [-0.15, -0.1) is 0 Å². The van der Waals surface area contributed by atoms with E-state index in [1.807, 2.05) is 41.5 Å². The minimum absolute atomic E-state index is 0.251. The molecule has 0 atom stereocenters. The molecule has 0 heterocycles. The second-order valence-electron chi connectivity index (χ2n) is 7.17. The van der Waals surface area contributed by atoms with Crippen LogP contribution in [0.1, 0.15) is 67.2 Å². The summed E-state index contributed by atoms with van der Waals surface area (Å²) in [6.45, 7) is 12.8. The lowest BCUT2D eigenvalue weighted by Crippen LogP contribution is -2.20. The zero-order chi connectivity index (χ0) is 15.1. The van der Waals surface area contributed by atoms with Crippen LogP contribution in [0.3, 0.4) is 0 Å². The monoisotopic (exact) mass is 270 g/mol. The number of ketones is 2. The van der Waals surface area contributed by atoms with Crippen molar-refractivity contribution < 1.29 is 14.3 Å². The second-order valence-corrected chi connectivity index (χ2v) is 7.17. The first-order valence-electron chi connectivity index (χ1n) is 7.19. The number of rotatable bonds is 8. The van der Waals surface area contributed by atoms with Gasteiger partial charge in [0, 0.05) is 36.9 Å². The summed E-state index contributed by atoms with van der Waals surface area (Å²) in [5.41, 5.74) is -0.502. The molecule has 0 bridgehead atoms. The van der Waals surface area contributed by atoms with Gasteiger partial charge in [-0.3, -0.25) is 9.59 Å². The Balaban J connectivity index is 3.53. The summed E-state index contributed by atoms with van der Waals surface area (Å²) in [5, 5.41) is 0. The fourth-order valence-corrected chi connectivity index (χ4v) is 1.52. The Hall–Kier alpha value is -0.700. The first-order valence-corrected chi connectivity index (χ1v) is 7.19. The molecule has 19 heavy (non-hydrogen) atoms. The lowest BCUT2D eigenvalue weighted by Gasteiger charge is -2.17. The topological polar surface area (TPSA) is 43.4 Å². The lowest BCUT2D eigenvalue weighted by molar-refractivity contribution is -0.126. The largest absolute Gasteiger partial charge is 0.381 e. The molecule has 112 valence electrons. The maximum atomic E-state index is 11.7. The van der Waals surface area contributed by atoms with Gasteiger partial charge in [-0.2, -0.15) is 0 Å². The molecule has 0 aromatic carbocycles. The maximum Gasteiger partial charge on any atom is 0.138 e. The van der Waals surface area contributed by atoms with Gasteiger partial charge in [0.1, 0.15) is 11.6 Å². The average molecular weight is 270 g/mol. The van der Waals surface area contributed by atoms with E-state index in [0.29, 0.717) is 26.1 Å². The van der Waals surface area contributed by atoms with Crippen molar-refractivity contribution in [1.29, 1.82) is 0 Å². The van der Waals surface area contributed by atoms with Crippen molar-refractivity contribution in [1.82, 2.24) is 0 Å². The predicted molar refractivity (Wildman–Crippen MR) is 78.2 cm³/mol. The van der Waals surface area contributed by atoms with Gasteiger partial charge < -0.3 is 4.74 Å². The number of Topliss-reactive ketones (excluding diaryl/α,β-unsaturated/α-hetero) is 2. The van der Waals surface area contributed by atoms with E-state index in [4.69, 9.17) is 4.74 Å². The van der Waals surface area contributed by atoms with Gasteiger partial charge in [-0.1, -0.05) is 41.5 Å². The summed E-state index contributed by atoms with van der Waals surface area (Å²) >= 11 is 0. The molecule has 0 radical (unpaired) electrons. The Bertz CT molecular complexity index is 262. The van der Waals surface area contributed by atoms with Crippen molar-refractivity contribution in [2.24, 2.45) is 10.8 Å². The summed E-state index contributed by atoms with van der Waals surface area (Å²) in [4.78, 5) is 23.3. The molecule has 0 saturated carbocycles. The number of carbonyl (C=O) groups is 2. The molecule has 3 heteroatoms. The SMILES string of the molecule is CC(C)(C)C(=O)CCCOCCCC(=O)C(C)(C)C. The van der Waals surface area contributed by atoms with Gasteiger partial charge in [0.25, 0.3) is 0 Å². The van der Waals surface area contributed by atoms with Gasteiger partial charge >= 0.3 is 0 Å². The van der Waals surface area contributed by atoms with E-state index in [-0.39, 0.29) is 22.4 Å². The van der Waals surface area contributed by atoms with E-state index in [1.54, 1.807) is 0 Å². The summed E-state index contributed by atoms with van der Waals surface area (Å²) in [6, 6.07) is 0. The highest BCUT2D eigenvalue weighted by Crippen LogP contribution is 2.18. The van der Waals surface area contributed by atoms with E-state index < -0.39 is 0 Å². The van der Waals surface area contributed by atoms with Crippen molar-refractivity contribution in [3.8, 4) is 0 Å². The number of hydrogen-bond donors (Lipinski definition) is 0. The minimum Gasteiger partial charge on any atom is -0.381 e. The van der Waals surface area contributed by atoms with Crippen LogP contribution >= 0.6 is 0 Å². The van der Waals surface area contributed by atoms with Crippen LogP contribution in [-0.2, 0) is 14.3 Å². The number of ether oxygens (including phenoxy) is 1. The first-order chi connectivity index (χ1) is 8.55. The van der Waals surface area contributed by atoms with E-state index in [1.165, 1.54) is 0 Å². The third-order valence-electron chi connectivity index (χ3n) is 3.06. The van der Waals surface area contributed by atoms with Crippen LogP contribution in [0.2, 0.25) is 0 Å². The third kappa shape index (κ3) is 8.93. The molecule has 0 rings (SSSR count). The molecular weight excluding hydrogens is 240 g/mol. The fourth-order valence-electron chi connectivity index (χ4n) is 1.52. The maximum absolute atomic E-state index is 11.7. The van der Waals surface area contributed by atoms with Gasteiger partial charge in [0.15, 0.2) is 0 Å². The molecule has 0 saturated heterocycles. The molecule has 3 nitrogen and oxygen atoms in total. The molecule has 0 aliphatic carbocycles. The standard InChI is InChI=1S/C16H30O3/c1-15(2,3)13(17)9-7-11-19-12-8-10-14(18)16(4,5)6/h7-12H2,1-6H3. The quantitative estimate of drug-likeness (QED) is 0.630. The lowest BCUT2D eigenvalue weighted by atomic mass is 9.88. The molecule has 0 fully saturated rings. The van der Waals surface area contributed by atoms with Gasteiger partial charge in [0.05, 0.1) is 0 Å². The van der Waals surface area contributed by atoms with Crippen LogP contribution in [0.25, 0.3) is 0 Å². The summed E-state index contributed by atoms with van der Waals surface area (Å²) in [6.07, 6.45) is 2.68. The minimum atomic E-state index is -0.251. The van der Waals surface area contributed by atoms with Crippen molar-refractivity contribution in [3.05, 3.63) is 0 Å². The van der Waals surface area contributed by atoms with Crippen LogP contribution in [0.15, 0.2) is 0 Å². The van der Waals surface area contributed by atoms with Crippen molar-refractivity contribution in [2.75, 3.05) is 13.2 Å². The van der Waals surface area contributed by atoms with E-state index in [0.717, 1.165) is 12.8 Å². The molecule has 0 unspecified atom stereocenters. The smallest absolute Gasteiger partial charge is 0.138 e. The van der Waals surface area contributed by atoms with Crippen LogP contribution < -0.4 is 0 Å². The highest BCUT2D eigenvalue weighted by atomic mass is 16.5. The Labute approximate surface area is 118 Å². The van der Waals surface area contributed by atoms with E-state index in [2.05, 4.69) is 0 Å². The van der Waals surface area contributed by atoms with Gasteiger partial charge in [-0.05, 0) is 12.8 Å². The van der Waals surface area contributed by atoms with E-state index >= 15 is 0 Å². The van der Waals surface area contributed by atoms with Gasteiger partial charge in [-0.25, -0.2) is 0 Å². The zero-order valence-corrected chi connectivity index (χ0v) is 13.5. The molecule has 0 amide bonds. The van der Waals surface area contributed by atoms with Gasteiger partial charge in [0.2, 0.25) is 0 Å². The molecule has 0 N–H and O–H groups in total. The van der Waals surface area contributed by atoms with Crippen LogP contribution in [0.4, 0.5) is 0 Å². The van der Waals surface area contributed by atoms with Crippen molar-refractivity contribution in [2.45, 2.75) is 67.2 Å². The normalized spacial score (nSPS) is 12.5. The van der Waals surface area contributed by atoms with Crippen LogP contribution in [0.5, 0.6) is 0 Å². The predicted octanol–water partition coefficient (Wildman–Crippen LogP) is 3.79. The Morgan fingerprint density at radius 2 is 1.05 bits per heavy atom. The number of hydrogen-bond acceptors (Lipinski definition) is 3. The first kappa shape index (κ1) is 18.3. The molecule has 0 aromatic heterocycles. The van der Waals surface area contributed by atoms with Crippen LogP contribution in [0, 0.1) is 10.8 Å². The fraction of sp³-hybridized carbons (Fsp3) is 0.875. The summed E-state index contributed by atoms with van der Waals surface area (Å²) in [5.74, 6) is 0.554. The van der Waals surface area contributed by atoms with Crippen molar-refractivity contribution >= 4 is 11.6 Å². The summed E-state index contributed by atoms with van der Waals surface area (Å²) < 4.78 is 5.46. The van der Waals surface area contributed by atoms with Crippen molar-refractivity contribution in [3.63, 3.8) is 0 Å². The highest BCUT2D eigenvalue weighted by molar-refractivity contribution is 5.83.